The molecule has 6 heteroatoms. The standard InChI is InChI=1S/C11H14N4O2/c1-2-12-7-8-3-5-9(6-4-8)15-10(16)13-14-11(15)17/h3-6,12H,2,7H2,1H3,(H,13,16)(H,14,17). The summed E-state index contributed by atoms with van der Waals surface area (Å²) in [5, 5.41) is 7.68. The highest BCUT2D eigenvalue weighted by Crippen LogP contribution is 2.05. The normalized spacial score (nSPS) is 10.6. The van der Waals surface area contributed by atoms with E-state index in [-0.39, 0.29) is 0 Å². The van der Waals surface area contributed by atoms with Gasteiger partial charge in [0.05, 0.1) is 5.69 Å². The predicted molar refractivity (Wildman–Crippen MR) is 64.4 cm³/mol. The highest BCUT2D eigenvalue weighted by molar-refractivity contribution is 5.34. The molecule has 1 aromatic heterocycles. The van der Waals surface area contributed by atoms with Gasteiger partial charge in [0.1, 0.15) is 0 Å². The Morgan fingerprint density at radius 2 is 1.71 bits per heavy atom. The first-order chi connectivity index (χ1) is 8.22. The molecular formula is C11H14N4O2. The van der Waals surface area contributed by atoms with Gasteiger partial charge in [-0.2, -0.15) is 0 Å². The number of rotatable bonds is 4. The van der Waals surface area contributed by atoms with E-state index in [0.717, 1.165) is 23.2 Å². The fourth-order valence-electron chi connectivity index (χ4n) is 1.58. The van der Waals surface area contributed by atoms with E-state index >= 15 is 0 Å². The van der Waals surface area contributed by atoms with Crippen LogP contribution in [0.25, 0.3) is 5.69 Å². The van der Waals surface area contributed by atoms with Crippen molar-refractivity contribution in [1.29, 1.82) is 0 Å². The molecule has 0 fully saturated rings. The van der Waals surface area contributed by atoms with E-state index in [1.165, 1.54) is 0 Å². The molecule has 1 aromatic carbocycles. The van der Waals surface area contributed by atoms with Crippen molar-refractivity contribution in [3.63, 3.8) is 0 Å². The Morgan fingerprint density at radius 3 is 2.24 bits per heavy atom. The van der Waals surface area contributed by atoms with Crippen LogP contribution >= 0.6 is 0 Å². The molecule has 0 bridgehead atoms. The molecule has 90 valence electrons. The Balaban J connectivity index is 2.30. The van der Waals surface area contributed by atoms with Crippen LogP contribution in [0.2, 0.25) is 0 Å². The number of aromatic nitrogens is 3. The first-order valence-electron chi connectivity index (χ1n) is 5.42. The van der Waals surface area contributed by atoms with Crippen molar-refractivity contribution in [2.75, 3.05) is 6.54 Å². The summed E-state index contributed by atoms with van der Waals surface area (Å²) in [5.74, 6) is 0. The Kier molecular flexibility index (Phi) is 3.24. The van der Waals surface area contributed by atoms with Crippen LogP contribution in [0, 0.1) is 0 Å². The van der Waals surface area contributed by atoms with Crippen LogP contribution in [0.5, 0.6) is 0 Å². The number of H-pyrrole nitrogens is 2. The summed E-state index contributed by atoms with van der Waals surface area (Å²) in [4.78, 5) is 22.7. The highest BCUT2D eigenvalue weighted by Gasteiger charge is 2.04. The van der Waals surface area contributed by atoms with Gasteiger partial charge >= 0.3 is 11.4 Å². The third-order valence-electron chi connectivity index (χ3n) is 2.46. The van der Waals surface area contributed by atoms with Gasteiger partial charge in [-0.15, -0.1) is 0 Å². The molecule has 0 atom stereocenters. The zero-order chi connectivity index (χ0) is 12.3. The Labute approximate surface area is 97.3 Å². The molecule has 0 saturated heterocycles. The maximum Gasteiger partial charge on any atom is 0.348 e. The molecule has 17 heavy (non-hydrogen) atoms. The Morgan fingerprint density at radius 1 is 1.12 bits per heavy atom. The molecule has 0 aliphatic heterocycles. The van der Waals surface area contributed by atoms with Gasteiger partial charge in [-0.05, 0) is 24.2 Å². The number of nitrogens with zero attached hydrogens (tertiary/aromatic N) is 1. The average molecular weight is 234 g/mol. The minimum Gasteiger partial charge on any atom is -0.313 e. The number of hydrogen-bond donors (Lipinski definition) is 3. The van der Waals surface area contributed by atoms with Crippen LogP contribution < -0.4 is 16.7 Å². The summed E-state index contributed by atoms with van der Waals surface area (Å²) in [6.45, 7) is 3.71. The largest absolute Gasteiger partial charge is 0.348 e. The van der Waals surface area contributed by atoms with Crippen molar-refractivity contribution >= 4 is 0 Å². The van der Waals surface area contributed by atoms with Crippen molar-refractivity contribution in [1.82, 2.24) is 20.1 Å². The van der Waals surface area contributed by atoms with Crippen molar-refractivity contribution in [3.8, 4) is 5.69 Å². The summed E-state index contributed by atoms with van der Waals surface area (Å²) < 4.78 is 1.05. The van der Waals surface area contributed by atoms with Gasteiger partial charge in [-0.1, -0.05) is 19.1 Å². The van der Waals surface area contributed by atoms with Crippen molar-refractivity contribution in [2.45, 2.75) is 13.5 Å². The fourth-order valence-corrected chi connectivity index (χ4v) is 1.58. The summed E-state index contributed by atoms with van der Waals surface area (Å²) in [6.07, 6.45) is 0. The predicted octanol–water partition coefficient (Wildman–Crippen LogP) is -0.0366. The molecule has 2 aromatic rings. The number of hydrogen-bond acceptors (Lipinski definition) is 3. The topological polar surface area (TPSA) is 82.7 Å². The number of aromatic amines is 2. The lowest BCUT2D eigenvalue weighted by Gasteiger charge is -2.03. The number of benzene rings is 1. The molecule has 6 nitrogen and oxygen atoms in total. The first-order valence-corrected chi connectivity index (χ1v) is 5.42. The second-order valence-corrected chi connectivity index (χ2v) is 3.64. The van der Waals surface area contributed by atoms with E-state index in [4.69, 9.17) is 0 Å². The minimum absolute atomic E-state index is 0.463. The van der Waals surface area contributed by atoms with Gasteiger partial charge in [0, 0.05) is 6.54 Å². The molecule has 2 rings (SSSR count). The minimum atomic E-state index is -0.463. The van der Waals surface area contributed by atoms with Gasteiger partial charge in [-0.3, -0.25) is 0 Å². The van der Waals surface area contributed by atoms with E-state index in [1.807, 2.05) is 19.1 Å². The second kappa shape index (κ2) is 4.84. The third kappa shape index (κ3) is 2.36. The summed E-state index contributed by atoms with van der Waals surface area (Å²) >= 11 is 0. The molecule has 1 heterocycles. The van der Waals surface area contributed by atoms with Crippen LogP contribution in [0.3, 0.4) is 0 Å². The average Bonchev–Trinajstić information content (AvgIpc) is 2.67. The van der Waals surface area contributed by atoms with Crippen molar-refractivity contribution in [3.05, 3.63) is 50.8 Å². The lowest BCUT2D eigenvalue weighted by molar-refractivity contribution is 0.726. The van der Waals surface area contributed by atoms with Crippen LogP contribution in [0.15, 0.2) is 33.9 Å². The zero-order valence-corrected chi connectivity index (χ0v) is 9.49. The molecule has 0 amide bonds. The molecule has 0 saturated carbocycles. The maximum atomic E-state index is 11.4. The van der Waals surface area contributed by atoms with E-state index in [9.17, 15) is 9.59 Å². The lowest BCUT2D eigenvalue weighted by atomic mass is 10.2. The smallest absolute Gasteiger partial charge is 0.313 e. The molecule has 0 radical (unpaired) electrons. The fraction of sp³-hybridized carbons (Fsp3) is 0.273. The first kappa shape index (κ1) is 11.4. The summed E-state index contributed by atoms with van der Waals surface area (Å²) in [5.41, 5.74) is 0.734. The van der Waals surface area contributed by atoms with Gasteiger partial charge in [0.2, 0.25) is 0 Å². The molecular weight excluding hydrogens is 220 g/mol. The van der Waals surface area contributed by atoms with Crippen molar-refractivity contribution < 1.29 is 0 Å². The van der Waals surface area contributed by atoms with Crippen molar-refractivity contribution in [2.24, 2.45) is 0 Å². The lowest BCUT2D eigenvalue weighted by Crippen LogP contribution is -2.24. The van der Waals surface area contributed by atoms with Gasteiger partial charge in [-0.25, -0.2) is 24.4 Å². The molecule has 0 spiro atoms. The number of nitrogens with one attached hydrogen (secondary N) is 3. The summed E-state index contributed by atoms with van der Waals surface area (Å²) in [7, 11) is 0. The SMILES string of the molecule is CCNCc1ccc(-n2c(=O)[nH][nH]c2=O)cc1. The highest BCUT2D eigenvalue weighted by atomic mass is 16.2. The Bertz CT molecular complexity index is 563. The zero-order valence-electron chi connectivity index (χ0n) is 9.49. The van der Waals surface area contributed by atoms with Gasteiger partial charge in [0.15, 0.2) is 0 Å². The monoisotopic (exact) mass is 234 g/mol. The van der Waals surface area contributed by atoms with E-state index < -0.39 is 11.4 Å². The van der Waals surface area contributed by atoms with E-state index in [1.54, 1.807) is 12.1 Å². The molecule has 0 aliphatic carbocycles. The summed E-state index contributed by atoms with van der Waals surface area (Å²) in [6, 6.07) is 7.27. The maximum absolute atomic E-state index is 11.4. The molecule has 0 aliphatic rings. The van der Waals surface area contributed by atoms with Crippen LogP contribution in [0.4, 0.5) is 0 Å². The quantitative estimate of drug-likeness (QED) is 0.694. The van der Waals surface area contributed by atoms with Gasteiger partial charge < -0.3 is 5.32 Å². The van der Waals surface area contributed by atoms with Crippen LogP contribution in [-0.2, 0) is 6.54 Å². The Hall–Kier alpha value is -2.08. The van der Waals surface area contributed by atoms with Crippen LogP contribution in [-0.4, -0.2) is 21.3 Å². The van der Waals surface area contributed by atoms with Gasteiger partial charge in [0.25, 0.3) is 0 Å². The molecule has 0 unspecified atom stereocenters. The van der Waals surface area contributed by atoms with E-state index in [0.29, 0.717) is 5.69 Å². The third-order valence-corrected chi connectivity index (χ3v) is 2.46. The van der Waals surface area contributed by atoms with Crippen LogP contribution in [0.1, 0.15) is 12.5 Å². The second-order valence-electron chi connectivity index (χ2n) is 3.64. The van der Waals surface area contributed by atoms with E-state index in [2.05, 4.69) is 15.5 Å². The molecule has 3 N–H and O–H groups in total.